The number of hydrogen-bond donors (Lipinski definition) is 2. The number of piperidine rings is 1. The van der Waals surface area contributed by atoms with Crippen LogP contribution in [0, 0.1) is 17.3 Å². The average Bonchev–Trinajstić information content (AvgIpc) is 2.16. The first-order chi connectivity index (χ1) is 7.47. The fraction of sp³-hybridized carbons (Fsp3) is 0.909. The Morgan fingerprint density at radius 2 is 2.25 bits per heavy atom. The van der Waals surface area contributed by atoms with Gasteiger partial charge in [0.25, 0.3) is 0 Å². The second kappa shape index (κ2) is 3.89. The minimum Gasteiger partial charge on any atom is -0.465 e. The molecule has 0 aromatic rings. The lowest BCUT2D eigenvalue weighted by Crippen LogP contribution is -2.65. The molecule has 5 heteroatoms. The number of aliphatic hydroxyl groups is 1. The summed E-state index contributed by atoms with van der Waals surface area (Å²) in [5.41, 5.74) is -0.431. The van der Waals surface area contributed by atoms with Crippen LogP contribution in [0.3, 0.4) is 0 Å². The zero-order chi connectivity index (χ0) is 11.9. The van der Waals surface area contributed by atoms with Crippen molar-refractivity contribution in [3.8, 4) is 0 Å². The molecule has 92 valence electrons. The number of aliphatic hydroxyl groups excluding tert-OH is 1. The van der Waals surface area contributed by atoms with Crippen molar-refractivity contribution in [1.29, 1.82) is 0 Å². The Morgan fingerprint density at radius 1 is 1.56 bits per heavy atom. The first-order valence-electron chi connectivity index (χ1n) is 5.71. The molecular formula is C11H19NO4. The molecule has 2 aliphatic rings. The van der Waals surface area contributed by atoms with Crippen LogP contribution < -0.4 is 0 Å². The van der Waals surface area contributed by atoms with Crippen LogP contribution in [0.5, 0.6) is 0 Å². The third-order valence-corrected chi connectivity index (χ3v) is 4.10. The van der Waals surface area contributed by atoms with Crippen LogP contribution in [0.4, 0.5) is 4.79 Å². The predicted octanol–water partition coefficient (Wildman–Crippen LogP) is 0.630. The molecule has 0 saturated carbocycles. The van der Waals surface area contributed by atoms with E-state index in [1.165, 1.54) is 4.90 Å². The zero-order valence-electron chi connectivity index (χ0n) is 9.72. The van der Waals surface area contributed by atoms with Crippen molar-refractivity contribution in [2.45, 2.75) is 20.0 Å². The summed E-state index contributed by atoms with van der Waals surface area (Å²) >= 11 is 0. The number of nitrogens with zero attached hydrogens (tertiary/aromatic N) is 1. The molecule has 16 heavy (non-hydrogen) atoms. The molecule has 2 saturated heterocycles. The molecule has 2 N–H and O–H groups in total. The molecule has 2 bridgehead atoms. The molecule has 0 radical (unpaired) electrons. The van der Waals surface area contributed by atoms with Crippen molar-refractivity contribution in [3.05, 3.63) is 0 Å². The highest BCUT2D eigenvalue weighted by Gasteiger charge is 2.53. The van der Waals surface area contributed by atoms with Crippen molar-refractivity contribution in [1.82, 2.24) is 4.90 Å². The van der Waals surface area contributed by atoms with E-state index in [0.29, 0.717) is 26.3 Å². The molecule has 2 fully saturated rings. The van der Waals surface area contributed by atoms with E-state index in [2.05, 4.69) is 0 Å². The van der Waals surface area contributed by atoms with Gasteiger partial charge in [-0.15, -0.1) is 0 Å². The molecule has 0 spiro atoms. The van der Waals surface area contributed by atoms with Crippen LogP contribution >= 0.6 is 0 Å². The van der Waals surface area contributed by atoms with E-state index in [-0.39, 0.29) is 11.8 Å². The summed E-state index contributed by atoms with van der Waals surface area (Å²) in [5.74, 6) is 0.119. The monoisotopic (exact) mass is 229 g/mol. The van der Waals surface area contributed by atoms with Crippen molar-refractivity contribution in [2.75, 3.05) is 26.3 Å². The summed E-state index contributed by atoms with van der Waals surface area (Å²) in [4.78, 5) is 12.5. The molecule has 3 atom stereocenters. The van der Waals surface area contributed by atoms with Gasteiger partial charge in [-0.05, 0) is 5.92 Å². The summed E-state index contributed by atoms with van der Waals surface area (Å²) in [6.07, 6.45) is -1.35. The number of amides is 1. The molecular weight excluding hydrogens is 210 g/mol. The van der Waals surface area contributed by atoms with Crippen LogP contribution in [0.2, 0.25) is 0 Å². The standard InChI is InChI=1S/C11H19NO4/c1-7(2)11-5-12(10(14)15)3-8(9(11)13)4-16-6-11/h7-9,13H,3-6H2,1-2H3,(H,14,15). The quantitative estimate of drug-likeness (QED) is 0.692. The number of fused-ring (bicyclic) bond motifs is 2. The van der Waals surface area contributed by atoms with Gasteiger partial charge in [-0.2, -0.15) is 0 Å². The highest BCUT2D eigenvalue weighted by Crippen LogP contribution is 2.43. The maximum Gasteiger partial charge on any atom is 0.407 e. The third-order valence-electron chi connectivity index (χ3n) is 4.10. The number of ether oxygens (including phenoxy) is 1. The molecule has 2 aliphatic heterocycles. The van der Waals surface area contributed by atoms with Crippen LogP contribution in [-0.2, 0) is 4.74 Å². The van der Waals surface area contributed by atoms with E-state index < -0.39 is 17.6 Å². The predicted molar refractivity (Wildman–Crippen MR) is 57.2 cm³/mol. The first kappa shape index (κ1) is 11.7. The van der Waals surface area contributed by atoms with E-state index in [0.717, 1.165) is 0 Å². The molecule has 3 unspecified atom stereocenters. The van der Waals surface area contributed by atoms with Gasteiger partial charge in [0.2, 0.25) is 0 Å². The molecule has 0 aromatic heterocycles. The molecule has 2 rings (SSSR count). The summed E-state index contributed by atoms with van der Waals surface area (Å²) in [6, 6.07) is 0. The highest BCUT2D eigenvalue weighted by atomic mass is 16.5. The Kier molecular flexibility index (Phi) is 2.84. The zero-order valence-corrected chi connectivity index (χ0v) is 9.72. The van der Waals surface area contributed by atoms with E-state index in [4.69, 9.17) is 9.84 Å². The summed E-state index contributed by atoms with van der Waals surface area (Å²) in [6.45, 7) is 5.69. The maximum atomic E-state index is 11.1. The van der Waals surface area contributed by atoms with E-state index in [1.54, 1.807) is 0 Å². The second-order valence-corrected chi connectivity index (χ2v) is 5.27. The lowest BCUT2D eigenvalue weighted by Gasteiger charge is -2.54. The molecule has 0 aromatic carbocycles. The third kappa shape index (κ3) is 1.58. The van der Waals surface area contributed by atoms with Crippen LogP contribution in [0.15, 0.2) is 0 Å². The van der Waals surface area contributed by atoms with Gasteiger partial charge >= 0.3 is 6.09 Å². The van der Waals surface area contributed by atoms with Crippen LogP contribution in [-0.4, -0.2) is 53.6 Å². The maximum absolute atomic E-state index is 11.1. The van der Waals surface area contributed by atoms with E-state index in [1.807, 2.05) is 13.8 Å². The number of likely N-dealkylation sites (tertiary alicyclic amines) is 1. The van der Waals surface area contributed by atoms with Gasteiger partial charge < -0.3 is 19.8 Å². The minimum absolute atomic E-state index is 0.0824. The van der Waals surface area contributed by atoms with E-state index in [9.17, 15) is 9.90 Å². The highest BCUT2D eigenvalue weighted by molar-refractivity contribution is 5.65. The van der Waals surface area contributed by atoms with Gasteiger partial charge in [-0.3, -0.25) is 0 Å². The Balaban J connectivity index is 2.28. The van der Waals surface area contributed by atoms with Gasteiger partial charge in [0, 0.05) is 24.4 Å². The number of carboxylic acid groups (broad SMARTS) is 1. The summed E-state index contributed by atoms with van der Waals surface area (Å²) in [5, 5.41) is 19.4. The van der Waals surface area contributed by atoms with Gasteiger partial charge in [-0.25, -0.2) is 4.79 Å². The van der Waals surface area contributed by atoms with Gasteiger partial charge in [-0.1, -0.05) is 13.8 Å². The van der Waals surface area contributed by atoms with Crippen LogP contribution in [0.25, 0.3) is 0 Å². The van der Waals surface area contributed by atoms with Crippen molar-refractivity contribution >= 4 is 6.09 Å². The number of carbonyl (C=O) groups is 1. The Morgan fingerprint density at radius 3 is 2.81 bits per heavy atom. The van der Waals surface area contributed by atoms with Crippen molar-refractivity contribution < 1.29 is 19.7 Å². The fourth-order valence-corrected chi connectivity index (χ4v) is 2.88. The van der Waals surface area contributed by atoms with E-state index >= 15 is 0 Å². The van der Waals surface area contributed by atoms with Gasteiger partial charge in [0.1, 0.15) is 0 Å². The molecule has 5 nitrogen and oxygen atoms in total. The molecule has 2 heterocycles. The summed E-state index contributed by atoms with van der Waals surface area (Å²) < 4.78 is 5.52. The number of hydrogen-bond acceptors (Lipinski definition) is 3. The summed E-state index contributed by atoms with van der Waals surface area (Å²) in [7, 11) is 0. The molecule has 0 aliphatic carbocycles. The SMILES string of the molecule is CC(C)C12COCC(CN(C(=O)O)C1)C2O. The van der Waals surface area contributed by atoms with Crippen molar-refractivity contribution in [2.24, 2.45) is 17.3 Å². The first-order valence-corrected chi connectivity index (χ1v) is 5.71. The fourth-order valence-electron chi connectivity index (χ4n) is 2.88. The van der Waals surface area contributed by atoms with Crippen LogP contribution in [0.1, 0.15) is 13.8 Å². The Hall–Kier alpha value is -0.810. The minimum atomic E-state index is -0.899. The Bertz CT molecular complexity index is 294. The smallest absolute Gasteiger partial charge is 0.407 e. The molecule has 1 amide bonds. The lowest BCUT2D eigenvalue weighted by atomic mass is 9.65. The van der Waals surface area contributed by atoms with Crippen molar-refractivity contribution in [3.63, 3.8) is 0 Å². The average molecular weight is 229 g/mol. The normalized spacial score (nSPS) is 38.9. The number of rotatable bonds is 1. The second-order valence-electron chi connectivity index (χ2n) is 5.27. The van der Waals surface area contributed by atoms with Gasteiger partial charge in [0.15, 0.2) is 0 Å². The largest absolute Gasteiger partial charge is 0.465 e. The lowest BCUT2D eigenvalue weighted by molar-refractivity contribution is -0.190. The topological polar surface area (TPSA) is 70.0 Å². The van der Waals surface area contributed by atoms with Gasteiger partial charge in [0.05, 0.1) is 19.3 Å². The Labute approximate surface area is 95.0 Å².